The number of carboxylic acids is 1. The molecule has 3 rings (SSSR count). The lowest BCUT2D eigenvalue weighted by molar-refractivity contribution is -0.142. The van der Waals surface area contributed by atoms with Gasteiger partial charge in [-0.2, -0.15) is 0 Å². The van der Waals surface area contributed by atoms with Crippen LogP contribution >= 0.6 is 11.6 Å². The molecule has 3 atom stereocenters. The van der Waals surface area contributed by atoms with Crippen LogP contribution in [0.2, 0.25) is 5.02 Å². The highest BCUT2D eigenvalue weighted by Gasteiger charge is 2.45. The fraction of sp³-hybridized carbons (Fsp3) is 0.471. The predicted octanol–water partition coefficient (Wildman–Crippen LogP) is 1.93. The van der Waals surface area contributed by atoms with Gasteiger partial charge in [-0.3, -0.25) is 14.4 Å². The summed E-state index contributed by atoms with van der Waals surface area (Å²) in [6.07, 6.45) is 0.427. The number of halogens is 2. The number of amides is 2. The van der Waals surface area contributed by atoms with Gasteiger partial charge in [0.05, 0.1) is 22.9 Å². The van der Waals surface area contributed by atoms with Crippen LogP contribution in [0.1, 0.15) is 24.4 Å². The number of carboxylic acid groups (broad SMARTS) is 1. The Morgan fingerprint density at radius 2 is 2.08 bits per heavy atom. The zero-order valence-electron chi connectivity index (χ0n) is 13.6. The molecule has 2 heterocycles. The van der Waals surface area contributed by atoms with Gasteiger partial charge < -0.3 is 14.9 Å². The Morgan fingerprint density at radius 3 is 2.68 bits per heavy atom. The van der Waals surface area contributed by atoms with Crippen molar-refractivity contribution in [3.8, 4) is 0 Å². The molecule has 0 spiro atoms. The lowest BCUT2D eigenvalue weighted by Gasteiger charge is -2.28. The number of carbonyl (C=O) groups excluding carboxylic acids is 2. The lowest BCUT2D eigenvalue weighted by Crippen LogP contribution is -2.37. The van der Waals surface area contributed by atoms with Crippen molar-refractivity contribution in [1.82, 2.24) is 9.80 Å². The zero-order chi connectivity index (χ0) is 18.3. The first-order valence-electron chi connectivity index (χ1n) is 8.01. The maximum Gasteiger partial charge on any atom is 0.308 e. The predicted molar refractivity (Wildman–Crippen MR) is 87.4 cm³/mol. The van der Waals surface area contributed by atoms with Crippen LogP contribution in [0.4, 0.5) is 4.39 Å². The summed E-state index contributed by atoms with van der Waals surface area (Å²) in [4.78, 5) is 39.1. The number of carbonyl (C=O) groups is 3. The molecule has 0 aromatic heterocycles. The topological polar surface area (TPSA) is 77.9 Å². The van der Waals surface area contributed by atoms with E-state index in [9.17, 15) is 18.8 Å². The first-order valence-corrected chi connectivity index (χ1v) is 8.39. The second-order valence-corrected chi connectivity index (χ2v) is 6.95. The highest BCUT2D eigenvalue weighted by molar-refractivity contribution is 6.30. The highest BCUT2D eigenvalue weighted by atomic mass is 35.5. The largest absolute Gasteiger partial charge is 0.481 e. The van der Waals surface area contributed by atoms with Crippen molar-refractivity contribution >= 4 is 29.4 Å². The van der Waals surface area contributed by atoms with Crippen LogP contribution in [0.15, 0.2) is 18.2 Å². The van der Waals surface area contributed by atoms with Crippen LogP contribution in [0.25, 0.3) is 0 Å². The molecule has 0 bridgehead atoms. The minimum atomic E-state index is -0.925. The summed E-state index contributed by atoms with van der Waals surface area (Å²) < 4.78 is 13.8. The van der Waals surface area contributed by atoms with E-state index in [0.717, 1.165) is 0 Å². The average molecular weight is 369 g/mol. The van der Waals surface area contributed by atoms with E-state index in [-0.39, 0.29) is 29.8 Å². The molecule has 2 saturated heterocycles. The summed E-state index contributed by atoms with van der Waals surface area (Å²) >= 11 is 5.71. The summed E-state index contributed by atoms with van der Waals surface area (Å²) in [5.74, 6) is -3.23. The van der Waals surface area contributed by atoms with Gasteiger partial charge in [0.25, 0.3) is 0 Å². The Kier molecular flexibility index (Phi) is 4.69. The van der Waals surface area contributed by atoms with Crippen molar-refractivity contribution in [2.45, 2.75) is 18.9 Å². The third-order valence-electron chi connectivity index (χ3n) is 5.04. The number of rotatable bonds is 3. The molecule has 3 unspecified atom stereocenters. The normalized spacial score (nSPS) is 26.4. The van der Waals surface area contributed by atoms with E-state index in [2.05, 4.69) is 0 Å². The molecule has 2 amide bonds. The molecule has 2 fully saturated rings. The lowest BCUT2D eigenvalue weighted by atomic mass is 9.92. The summed E-state index contributed by atoms with van der Waals surface area (Å²) in [5.41, 5.74) is 0.502. The molecule has 1 aromatic rings. The van der Waals surface area contributed by atoms with Gasteiger partial charge in [0.15, 0.2) is 0 Å². The maximum atomic E-state index is 13.8. The van der Waals surface area contributed by atoms with E-state index < -0.39 is 29.7 Å². The number of aliphatic carboxylic acids is 1. The van der Waals surface area contributed by atoms with Crippen LogP contribution < -0.4 is 0 Å². The highest BCUT2D eigenvalue weighted by Crippen LogP contribution is 2.39. The molecule has 0 saturated carbocycles. The molecule has 1 aromatic carbocycles. The third kappa shape index (κ3) is 3.20. The number of hydrogen-bond acceptors (Lipinski definition) is 3. The van der Waals surface area contributed by atoms with Crippen molar-refractivity contribution in [3.63, 3.8) is 0 Å². The van der Waals surface area contributed by atoms with Crippen molar-refractivity contribution in [2.75, 3.05) is 20.1 Å². The van der Waals surface area contributed by atoms with Crippen LogP contribution in [-0.2, 0) is 14.4 Å². The van der Waals surface area contributed by atoms with Crippen molar-refractivity contribution in [3.05, 3.63) is 34.6 Å². The monoisotopic (exact) mass is 368 g/mol. The van der Waals surface area contributed by atoms with Gasteiger partial charge in [-0.25, -0.2) is 4.39 Å². The second kappa shape index (κ2) is 6.63. The number of benzene rings is 1. The average Bonchev–Trinajstić information content (AvgIpc) is 3.16. The number of likely N-dealkylation sites (tertiary alicyclic amines) is 2. The molecule has 6 nitrogen and oxygen atoms in total. The first-order chi connectivity index (χ1) is 11.8. The van der Waals surface area contributed by atoms with Gasteiger partial charge in [-0.15, -0.1) is 0 Å². The summed E-state index contributed by atoms with van der Waals surface area (Å²) in [7, 11) is 1.58. The summed E-state index contributed by atoms with van der Waals surface area (Å²) in [6, 6.07) is 3.67. The molecular weight excluding hydrogens is 351 g/mol. The molecule has 2 aliphatic heterocycles. The Balaban J connectivity index is 1.86. The molecule has 134 valence electrons. The molecule has 2 aliphatic rings. The van der Waals surface area contributed by atoms with E-state index >= 15 is 0 Å². The fourth-order valence-electron chi connectivity index (χ4n) is 3.64. The van der Waals surface area contributed by atoms with Gasteiger partial charge in [0.2, 0.25) is 11.8 Å². The number of hydrogen-bond donors (Lipinski definition) is 1. The van der Waals surface area contributed by atoms with E-state index in [1.165, 1.54) is 21.9 Å². The SMILES string of the molecule is CN1C(=O)CC(C(=O)N2CCC(C(=O)O)C2)C1c1ccc(Cl)c(F)c1. The summed E-state index contributed by atoms with van der Waals surface area (Å²) in [5, 5.41) is 9.07. The molecule has 8 heteroatoms. The Bertz CT molecular complexity index is 741. The van der Waals surface area contributed by atoms with E-state index in [1.54, 1.807) is 13.1 Å². The maximum absolute atomic E-state index is 13.8. The van der Waals surface area contributed by atoms with E-state index in [1.807, 2.05) is 0 Å². The zero-order valence-corrected chi connectivity index (χ0v) is 14.4. The smallest absolute Gasteiger partial charge is 0.308 e. The van der Waals surface area contributed by atoms with Gasteiger partial charge in [0.1, 0.15) is 5.82 Å². The van der Waals surface area contributed by atoms with Gasteiger partial charge in [-0.05, 0) is 24.1 Å². The van der Waals surface area contributed by atoms with E-state index in [0.29, 0.717) is 18.5 Å². The molecule has 25 heavy (non-hydrogen) atoms. The van der Waals surface area contributed by atoms with Gasteiger partial charge >= 0.3 is 5.97 Å². The molecule has 0 aliphatic carbocycles. The quantitative estimate of drug-likeness (QED) is 0.884. The van der Waals surface area contributed by atoms with Gasteiger partial charge in [-0.1, -0.05) is 17.7 Å². The Morgan fingerprint density at radius 1 is 1.36 bits per heavy atom. The second-order valence-electron chi connectivity index (χ2n) is 6.54. The minimum Gasteiger partial charge on any atom is -0.481 e. The summed E-state index contributed by atoms with van der Waals surface area (Å²) in [6.45, 7) is 0.496. The first kappa shape index (κ1) is 17.7. The Hall–Kier alpha value is -2.15. The van der Waals surface area contributed by atoms with Crippen LogP contribution in [0.5, 0.6) is 0 Å². The van der Waals surface area contributed by atoms with E-state index in [4.69, 9.17) is 16.7 Å². The molecular formula is C17H18ClFN2O4. The van der Waals surface area contributed by atoms with Crippen molar-refractivity contribution in [1.29, 1.82) is 0 Å². The van der Waals surface area contributed by atoms with Gasteiger partial charge in [0, 0.05) is 26.6 Å². The van der Waals surface area contributed by atoms with Crippen LogP contribution in [0, 0.1) is 17.7 Å². The molecule has 0 radical (unpaired) electrons. The molecule has 1 N–H and O–H groups in total. The third-order valence-corrected chi connectivity index (χ3v) is 5.34. The van der Waals surface area contributed by atoms with Crippen LogP contribution in [-0.4, -0.2) is 52.8 Å². The van der Waals surface area contributed by atoms with Crippen LogP contribution in [0.3, 0.4) is 0 Å². The van der Waals surface area contributed by atoms with Crippen molar-refractivity contribution < 1.29 is 23.9 Å². The minimum absolute atomic E-state index is 0.0255. The number of nitrogens with zero attached hydrogens (tertiary/aromatic N) is 2. The van der Waals surface area contributed by atoms with Crippen molar-refractivity contribution in [2.24, 2.45) is 11.8 Å². The Labute approximate surface area is 149 Å². The fourth-order valence-corrected chi connectivity index (χ4v) is 3.76. The standard InChI is InChI=1S/C17H18ClFN2O4/c1-20-14(22)7-11(15(20)9-2-3-12(18)13(19)6-9)16(23)21-5-4-10(8-21)17(24)25/h2-3,6,10-11,15H,4-5,7-8H2,1H3,(H,24,25).